The second kappa shape index (κ2) is 12.2. The maximum absolute atomic E-state index is 4.39. The maximum atomic E-state index is 4.39. The standard InChI is InChI=1S/C13H8BrNS.C13H9NS.BHNS/c14-12-9-5-1-2-7-11(9)16-13(12)10-6-3-4-8-15-10;1-2-7-12-10(5-1)9-13(15-12)11-6-3-4-8-14-11;1-2-3/h1-8H;1-9H;3H. The van der Waals surface area contributed by atoms with Gasteiger partial charge >= 0.3 is 24.8 Å². The molecule has 0 atom stereocenters. The monoisotopic (exact) mass is 558 g/mol. The van der Waals surface area contributed by atoms with Crippen molar-refractivity contribution in [2.24, 2.45) is 4.30 Å². The Bertz CT molecular complexity index is 1470. The van der Waals surface area contributed by atoms with Crippen molar-refractivity contribution in [3.8, 4) is 21.1 Å². The maximum Gasteiger partial charge on any atom is 0.0802 e. The summed E-state index contributed by atoms with van der Waals surface area (Å²) in [6.07, 6.45) is 3.66. The van der Waals surface area contributed by atoms with Crippen LogP contribution in [-0.4, -0.2) is 17.6 Å². The first-order chi connectivity index (χ1) is 16.7. The van der Waals surface area contributed by atoms with Gasteiger partial charge in [0.1, 0.15) is 0 Å². The van der Waals surface area contributed by atoms with Crippen molar-refractivity contribution >= 4 is 79.2 Å². The summed E-state index contributed by atoms with van der Waals surface area (Å²) in [5.41, 5.74) is 2.08. The molecular weight excluding hydrogens is 541 g/mol. The summed E-state index contributed by atoms with van der Waals surface area (Å²) in [6, 6.07) is 31.0. The van der Waals surface area contributed by atoms with Gasteiger partial charge in [0.05, 0.1) is 21.1 Å². The van der Waals surface area contributed by atoms with Gasteiger partial charge in [-0.15, -0.1) is 22.7 Å². The molecule has 4 heterocycles. The Morgan fingerprint density at radius 1 is 0.735 bits per heavy atom. The van der Waals surface area contributed by atoms with E-state index in [0.717, 1.165) is 15.9 Å². The van der Waals surface area contributed by atoms with Crippen LogP contribution in [0.4, 0.5) is 0 Å². The summed E-state index contributed by atoms with van der Waals surface area (Å²) >= 11 is 10.4. The third kappa shape index (κ3) is 5.88. The summed E-state index contributed by atoms with van der Waals surface area (Å²) < 4.78 is 6.44. The summed E-state index contributed by atoms with van der Waals surface area (Å²) in [5, 5.41) is 2.55. The largest absolute Gasteiger partial charge is 0.255 e. The van der Waals surface area contributed by atoms with Crippen LogP contribution in [0.15, 0.2) is 112 Å². The number of halogens is 1. The van der Waals surface area contributed by atoms with Crippen LogP contribution < -0.4 is 0 Å². The quantitative estimate of drug-likeness (QED) is 0.170. The van der Waals surface area contributed by atoms with Crippen molar-refractivity contribution in [3.05, 3.63) is 108 Å². The van der Waals surface area contributed by atoms with Gasteiger partial charge in [-0.1, -0.05) is 48.5 Å². The van der Waals surface area contributed by atoms with Gasteiger partial charge in [0.15, 0.2) is 0 Å². The molecule has 3 nitrogen and oxygen atoms in total. The van der Waals surface area contributed by atoms with Crippen LogP contribution in [-0.2, 0) is 0 Å². The molecule has 0 fully saturated rings. The second-order valence-electron chi connectivity index (χ2n) is 6.94. The zero-order chi connectivity index (χ0) is 23.8. The minimum absolute atomic E-state index is 1.02. The fourth-order valence-corrected chi connectivity index (χ4v) is 6.33. The SMILES string of the molecule is Brc1c(-c2ccccn2)sc2ccccc12.[B]=NS.c1ccc(-c2cc3ccccc3s2)nc1. The van der Waals surface area contributed by atoms with Gasteiger partial charge in [-0.05, 0) is 63.8 Å². The fourth-order valence-electron chi connectivity index (χ4n) is 3.29. The summed E-state index contributed by atoms with van der Waals surface area (Å²) in [6.45, 7) is 0. The van der Waals surface area contributed by atoms with Crippen LogP contribution >= 0.6 is 51.4 Å². The van der Waals surface area contributed by atoms with Crippen LogP contribution in [0.5, 0.6) is 0 Å². The molecule has 0 bridgehead atoms. The van der Waals surface area contributed by atoms with E-state index >= 15 is 0 Å². The molecule has 0 saturated heterocycles. The molecule has 4 aromatic heterocycles. The van der Waals surface area contributed by atoms with E-state index in [0.29, 0.717) is 0 Å². The number of rotatable bonds is 2. The zero-order valence-corrected chi connectivity index (χ0v) is 22.0. The van der Waals surface area contributed by atoms with Crippen LogP contribution in [0, 0.1) is 0 Å². The van der Waals surface area contributed by atoms with E-state index in [9.17, 15) is 0 Å². The molecule has 0 unspecified atom stereocenters. The molecule has 0 aliphatic heterocycles. The Labute approximate surface area is 221 Å². The van der Waals surface area contributed by atoms with Gasteiger partial charge in [-0.25, -0.2) is 0 Å². The number of pyridine rings is 2. The molecule has 2 aromatic carbocycles. The first kappa shape index (κ1) is 24.5. The third-order valence-corrected chi connectivity index (χ3v) is 8.19. The minimum Gasteiger partial charge on any atom is -0.255 e. The van der Waals surface area contributed by atoms with Crippen molar-refractivity contribution in [3.63, 3.8) is 0 Å². The summed E-state index contributed by atoms with van der Waals surface area (Å²) in [7, 11) is 4.34. The number of hydrogen-bond donors (Lipinski definition) is 1. The molecule has 6 rings (SSSR count). The minimum atomic E-state index is 1.02. The molecule has 0 saturated carbocycles. The van der Waals surface area contributed by atoms with E-state index in [1.54, 1.807) is 22.7 Å². The van der Waals surface area contributed by atoms with E-state index in [1.807, 2.05) is 48.8 Å². The first-order valence-electron chi connectivity index (χ1n) is 10.2. The zero-order valence-electron chi connectivity index (χ0n) is 17.9. The second-order valence-corrected chi connectivity index (χ2v) is 10.1. The normalized spacial score (nSPS) is 10.1. The van der Waals surface area contributed by atoms with Crippen molar-refractivity contribution in [2.45, 2.75) is 0 Å². The molecule has 165 valence electrons. The molecular formula is C26H18BBrN3S3. The number of aromatic nitrogens is 2. The van der Waals surface area contributed by atoms with Crippen molar-refractivity contribution < 1.29 is 0 Å². The van der Waals surface area contributed by atoms with Gasteiger partial charge in [-0.3, -0.25) is 9.97 Å². The van der Waals surface area contributed by atoms with Crippen molar-refractivity contribution in [2.75, 3.05) is 0 Å². The number of thiol groups is 1. The Kier molecular flexibility index (Phi) is 8.76. The van der Waals surface area contributed by atoms with Gasteiger partial charge in [0, 0.05) is 31.7 Å². The molecule has 34 heavy (non-hydrogen) atoms. The summed E-state index contributed by atoms with van der Waals surface area (Å²) in [4.78, 5) is 11.2. The summed E-state index contributed by atoms with van der Waals surface area (Å²) in [5.74, 6) is 0. The number of nitrogens with zero attached hydrogens (tertiary/aromatic N) is 3. The van der Waals surface area contributed by atoms with E-state index in [4.69, 9.17) is 0 Å². The average molecular weight is 559 g/mol. The number of fused-ring (bicyclic) bond motifs is 2. The topological polar surface area (TPSA) is 38.1 Å². The average Bonchev–Trinajstić information content (AvgIpc) is 3.48. The molecule has 0 N–H and O–H groups in total. The van der Waals surface area contributed by atoms with Crippen molar-refractivity contribution in [1.82, 2.24) is 9.97 Å². The molecule has 0 aliphatic carbocycles. The number of hydrogen-bond acceptors (Lipinski definition) is 6. The first-order valence-corrected chi connectivity index (χ1v) is 13.1. The molecule has 6 aromatic rings. The van der Waals surface area contributed by atoms with E-state index in [-0.39, 0.29) is 0 Å². The smallest absolute Gasteiger partial charge is 0.0802 e. The Hall–Kier alpha value is -2.65. The Morgan fingerprint density at radius 3 is 1.94 bits per heavy atom. The van der Waals surface area contributed by atoms with Gasteiger partial charge in [0.2, 0.25) is 0 Å². The molecule has 0 amide bonds. The van der Waals surface area contributed by atoms with E-state index in [2.05, 4.69) is 105 Å². The number of benzene rings is 2. The molecule has 0 spiro atoms. The molecule has 1 radical (unpaired) electrons. The third-order valence-electron chi connectivity index (χ3n) is 4.78. The predicted octanol–water partition coefficient (Wildman–Crippen LogP) is 8.87. The van der Waals surface area contributed by atoms with E-state index in [1.165, 1.54) is 29.9 Å². The van der Waals surface area contributed by atoms with Gasteiger partial charge < -0.3 is 0 Å². The Balaban J connectivity index is 0.000000145. The van der Waals surface area contributed by atoms with Gasteiger partial charge in [0.25, 0.3) is 0 Å². The molecule has 0 aliphatic rings. The number of thiophene rings is 2. The van der Waals surface area contributed by atoms with Crippen LogP contribution in [0.3, 0.4) is 0 Å². The van der Waals surface area contributed by atoms with Crippen LogP contribution in [0.1, 0.15) is 0 Å². The van der Waals surface area contributed by atoms with E-state index < -0.39 is 0 Å². The Morgan fingerprint density at radius 2 is 1.32 bits per heavy atom. The predicted molar refractivity (Wildman–Crippen MR) is 155 cm³/mol. The molecule has 8 heteroatoms. The van der Waals surface area contributed by atoms with Gasteiger partial charge in [-0.2, -0.15) is 0 Å². The van der Waals surface area contributed by atoms with Crippen LogP contribution in [0.2, 0.25) is 0 Å². The van der Waals surface area contributed by atoms with Crippen molar-refractivity contribution in [1.29, 1.82) is 0 Å². The fraction of sp³-hybridized carbons (Fsp3) is 0. The van der Waals surface area contributed by atoms with Crippen LogP contribution in [0.25, 0.3) is 41.3 Å².